The summed E-state index contributed by atoms with van der Waals surface area (Å²) >= 11 is 0. The zero-order valence-corrected chi connectivity index (χ0v) is 48.8. The molecule has 0 bridgehead atoms. The number of hydrogen-bond acceptors (Lipinski definition) is 16. The van der Waals surface area contributed by atoms with E-state index in [9.17, 15) is 75.4 Å². The Bertz CT molecular complexity index is 2850. The van der Waals surface area contributed by atoms with Gasteiger partial charge >= 0.3 is 36.2 Å². The van der Waals surface area contributed by atoms with Crippen molar-refractivity contribution in [1.29, 1.82) is 0 Å². The number of carbonyl (C=O) groups is 11. The first-order valence-corrected chi connectivity index (χ1v) is 27.8. The molecule has 85 heavy (non-hydrogen) atoms. The first-order valence-electron chi connectivity index (χ1n) is 27.8. The van der Waals surface area contributed by atoms with E-state index in [2.05, 4.69) is 30.2 Å². The summed E-state index contributed by atoms with van der Waals surface area (Å²) in [6.45, 7) is 9.13. The van der Waals surface area contributed by atoms with Crippen LogP contribution in [0.25, 0.3) is 11.1 Å². The average Bonchev–Trinajstić information content (AvgIpc) is 2.22. The molecule has 3 saturated heterocycles. The third-order valence-corrected chi connectivity index (χ3v) is 16.1. The monoisotopic (exact) mass is 1200 g/mol. The van der Waals surface area contributed by atoms with E-state index in [4.69, 9.17) is 9.47 Å². The van der Waals surface area contributed by atoms with E-state index in [0.29, 0.717) is 24.0 Å². The van der Waals surface area contributed by atoms with Gasteiger partial charge in [-0.05, 0) is 54.6 Å². The number of alkyl halides is 4. The van der Waals surface area contributed by atoms with Gasteiger partial charge in [0, 0.05) is 67.3 Å². The number of ketones is 2. The van der Waals surface area contributed by atoms with Crippen LogP contribution in [0.5, 0.6) is 0 Å². The number of esters is 2. The van der Waals surface area contributed by atoms with Gasteiger partial charge < -0.3 is 59.4 Å². The van der Waals surface area contributed by atoms with Crippen molar-refractivity contribution in [1.82, 2.24) is 30.7 Å². The number of methoxy groups -OCH3 is 3. The molecule has 6 amide bonds. The van der Waals surface area contributed by atoms with E-state index in [1.807, 2.05) is 0 Å². The van der Waals surface area contributed by atoms with Gasteiger partial charge in [0.1, 0.15) is 36.3 Å². The maximum Gasteiger partial charge on any atom is 0.407 e. The fourth-order valence-corrected chi connectivity index (χ4v) is 11.8. The molecule has 3 heterocycles. The molecule has 7 rings (SSSR count). The van der Waals surface area contributed by atoms with Crippen LogP contribution in [0, 0.1) is 28.6 Å². The molecule has 6 atom stereocenters. The van der Waals surface area contributed by atoms with E-state index in [1.165, 1.54) is 24.1 Å². The van der Waals surface area contributed by atoms with Crippen LogP contribution in [-0.2, 0) is 52.5 Å². The number of carboxylic acid groups (broad SMARTS) is 1. The number of carbonyl (C=O) groups excluding carboxylic acids is 10. The second-order valence-electron chi connectivity index (χ2n) is 23.6. The standard InChI is InChI=1S/C43H52F2N4O12.C15H22F2N2O5/c1-24(2)34(46-40(56)58-5)36(52)48-17-7-8-30(48)38(54)60-19-32(50)28-13-9-26(10-14-28)27-11-15-29(16-12-27)33(51)20-61-39(55)31-18-42(21-43(44,45)22-42)23-49(31)37(53)35(25(3)4)47-41(57)59-6;1-8(2)10(18-13(23)24-3)11(20)19-7-14(4-9(19)12(21)22)5-15(16,17)6-14/h9-16,24-25,30-31,34-35H,7-8,17-23H2,1-6H3,(H,46,56)(H,47,57);8-10H,4-7H2,1-3H3,(H,18,23)(H,21,22)/t30-,31-,34-,35-;9-,10-/m00/s1. The summed E-state index contributed by atoms with van der Waals surface area (Å²) < 4.78 is 79.0. The van der Waals surface area contributed by atoms with Crippen molar-refractivity contribution in [2.24, 2.45) is 28.6 Å². The Kier molecular flexibility index (Phi) is 21.1. The zero-order chi connectivity index (χ0) is 63.1. The number of amides is 6. The van der Waals surface area contributed by atoms with Crippen molar-refractivity contribution >= 4 is 65.5 Å². The number of aliphatic carboxylic acids is 1. The Morgan fingerprint density at radius 2 is 0.847 bits per heavy atom. The average molecular weight is 1200 g/mol. The van der Waals surface area contributed by atoms with Crippen molar-refractivity contribution in [2.75, 3.05) is 54.2 Å². The molecular weight excluding hydrogens is 1130 g/mol. The molecule has 4 N–H and O–H groups in total. The summed E-state index contributed by atoms with van der Waals surface area (Å²) in [6, 6.07) is 6.54. The van der Waals surface area contributed by atoms with Crippen LogP contribution >= 0.6 is 0 Å². The molecule has 2 aromatic rings. The maximum atomic E-state index is 14.0. The highest BCUT2D eigenvalue weighted by Gasteiger charge is 2.64. The Labute approximate surface area is 488 Å². The second-order valence-corrected chi connectivity index (χ2v) is 23.6. The summed E-state index contributed by atoms with van der Waals surface area (Å²) in [5, 5.41) is 16.7. The minimum atomic E-state index is -2.93. The van der Waals surface area contributed by atoms with E-state index in [-0.39, 0.29) is 55.4 Å². The molecule has 2 aliphatic carbocycles. The van der Waals surface area contributed by atoms with Crippen molar-refractivity contribution in [2.45, 2.75) is 141 Å². The van der Waals surface area contributed by atoms with Gasteiger partial charge in [-0.25, -0.2) is 46.3 Å². The largest absolute Gasteiger partial charge is 0.480 e. The van der Waals surface area contributed by atoms with Gasteiger partial charge in [0.2, 0.25) is 29.6 Å². The van der Waals surface area contributed by atoms with Gasteiger partial charge in [0.15, 0.2) is 24.8 Å². The molecule has 5 aliphatic rings. The van der Waals surface area contributed by atoms with Crippen LogP contribution < -0.4 is 16.0 Å². The summed E-state index contributed by atoms with van der Waals surface area (Å²) in [5.74, 6) is -12.3. The third-order valence-electron chi connectivity index (χ3n) is 16.1. The topological polar surface area (TPSA) is 300 Å². The number of halogens is 4. The predicted octanol–water partition coefficient (Wildman–Crippen LogP) is 6.04. The summed E-state index contributed by atoms with van der Waals surface area (Å²) in [7, 11) is 3.47. The van der Waals surface area contributed by atoms with E-state index < -0.39 is 169 Å². The molecule has 23 nitrogen and oxygen atoms in total. The van der Waals surface area contributed by atoms with E-state index in [0.717, 1.165) is 24.0 Å². The maximum absolute atomic E-state index is 14.0. The third kappa shape index (κ3) is 15.9. The van der Waals surface area contributed by atoms with Gasteiger partial charge in [-0.3, -0.25) is 24.0 Å². The van der Waals surface area contributed by atoms with Crippen molar-refractivity contribution < 1.29 is 99.1 Å². The lowest BCUT2D eigenvalue weighted by Gasteiger charge is -2.44. The number of nitrogens with zero attached hydrogens (tertiary/aromatic N) is 3. The second kappa shape index (κ2) is 27.0. The fraction of sp³-hybridized carbons (Fsp3) is 0.603. The molecule has 2 spiro atoms. The van der Waals surface area contributed by atoms with Gasteiger partial charge in [0.25, 0.3) is 0 Å². The first kappa shape index (κ1) is 66.3. The molecule has 2 aromatic carbocycles. The summed E-state index contributed by atoms with van der Waals surface area (Å²) in [4.78, 5) is 142. The van der Waals surface area contributed by atoms with Crippen LogP contribution in [0.15, 0.2) is 48.5 Å². The van der Waals surface area contributed by atoms with Gasteiger partial charge in [-0.2, -0.15) is 0 Å². The number of nitrogens with one attached hydrogen (secondary N) is 3. The molecule has 2 saturated carbocycles. The van der Waals surface area contributed by atoms with Crippen molar-refractivity contribution in [3.8, 4) is 11.1 Å². The van der Waals surface area contributed by atoms with Crippen LogP contribution in [0.3, 0.4) is 0 Å². The number of ether oxygens (including phenoxy) is 5. The highest BCUT2D eigenvalue weighted by molar-refractivity contribution is 6.00. The van der Waals surface area contributed by atoms with Crippen molar-refractivity contribution in [3.05, 3.63) is 59.7 Å². The Morgan fingerprint density at radius 3 is 1.18 bits per heavy atom. The summed E-state index contributed by atoms with van der Waals surface area (Å²) in [5.41, 5.74) is 0.0137. The van der Waals surface area contributed by atoms with Gasteiger partial charge in [-0.15, -0.1) is 0 Å². The molecule has 0 aromatic heterocycles. The quantitative estimate of drug-likeness (QED) is 0.0539. The minimum Gasteiger partial charge on any atom is -0.480 e. The minimum absolute atomic E-state index is 0.00665. The number of carboxylic acids is 1. The zero-order valence-electron chi connectivity index (χ0n) is 48.8. The van der Waals surface area contributed by atoms with Crippen molar-refractivity contribution in [3.63, 3.8) is 0 Å². The lowest BCUT2D eigenvalue weighted by molar-refractivity contribution is -0.159. The Morgan fingerprint density at radius 1 is 0.518 bits per heavy atom. The normalized spacial score (nSPS) is 21.3. The SMILES string of the molecule is COC(=O)N[C@H](C(=O)N1CC2(C[C@H]1C(=O)O)CC(F)(F)C2)C(C)C.COC(=O)N[C@H](C(=O)N1CCC[C@H]1C(=O)OCC(=O)c1ccc(-c2ccc(C(=O)COC(=O)[C@@H]3CC4(CN3C(=O)[C@@H](NC(=O)OC)C(C)C)CC(F)(F)C4)cc2)cc1)C(C)C. The number of likely N-dealkylation sites (tertiary alicyclic amines) is 3. The Balaban J connectivity index is 0.000000401. The highest BCUT2D eigenvalue weighted by atomic mass is 19.3. The van der Waals surface area contributed by atoms with Gasteiger partial charge in [0.05, 0.1) is 21.3 Å². The van der Waals surface area contributed by atoms with Crippen LogP contribution in [0.2, 0.25) is 0 Å². The molecule has 27 heteroatoms. The number of benzene rings is 2. The smallest absolute Gasteiger partial charge is 0.407 e. The fourth-order valence-electron chi connectivity index (χ4n) is 11.8. The molecular formula is C58H74F4N6O17. The van der Waals surface area contributed by atoms with Crippen LogP contribution in [-0.4, -0.2) is 188 Å². The molecule has 0 radical (unpaired) electrons. The van der Waals surface area contributed by atoms with E-state index >= 15 is 0 Å². The predicted molar refractivity (Wildman–Crippen MR) is 291 cm³/mol. The number of alkyl carbamates (subject to hydrolysis) is 3. The number of Topliss-reactive ketones (excluding diaryl/α,β-unsaturated/α-hetero) is 2. The number of hydrogen-bond donors (Lipinski definition) is 4. The van der Waals surface area contributed by atoms with Crippen LogP contribution in [0.1, 0.15) is 114 Å². The summed E-state index contributed by atoms with van der Waals surface area (Å²) in [6.07, 6.45) is -3.46. The molecule has 466 valence electrons. The van der Waals surface area contributed by atoms with Gasteiger partial charge in [-0.1, -0.05) is 90.1 Å². The lowest BCUT2D eigenvalue weighted by atomic mass is 9.65. The first-order chi connectivity index (χ1) is 39.8. The van der Waals surface area contributed by atoms with E-state index in [1.54, 1.807) is 77.9 Å². The van der Waals surface area contributed by atoms with Crippen LogP contribution in [0.4, 0.5) is 31.9 Å². The Hall–Kier alpha value is -7.87. The molecule has 5 fully saturated rings. The molecule has 0 unspecified atom stereocenters. The number of rotatable bonds is 19. The molecule has 3 aliphatic heterocycles. The highest BCUT2D eigenvalue weighted by Crippen LogP contribution is 2.59. The lowest BCUT2D eigenvalue weighted by Crippen LogP contribution is -2.55.